The Morgan fingerprint density at radius 2 is 1.58 bits per heavy atom. The van der Waals surface area contributed by atoms with Crippen LogP contribution in [0.2, 0.25) is 0 Å². The first-order valence-electron chi connectivity index (χ1n) is 10.0. The highest BCUT2D eigenvalue weighted by molar-refractivity contribution is 6.62. The van der Waals surface area contributed by atoms with Crippen molar-refractivity contribution in [3.05, 3.63) is 23.5 Å². The van der Waals surface area contributed by atoms with Gasteiger partial charge in [-0.25, -0.2) is 0 Å². The number of aromatic nitrogens is 1. The second-order valence-corrected chi connectivity index (χ2v) is 8.92. The van der Waals surface area contributed by atoms with Gasteiger partial charge in [-0.05, 0) is 77.6 Å². The molecule has 1 N–H and O–H groups in total. The van der Waals surface area contributed by atoms with Crippen LogP contribution in [0.15, 0.2) is 12.1 Å². The Morgan fingerprint density at radius 1 is 0.962 bits per heavy atom. The lowest BCUT2D eigenvalue weighted by atomic mass is 9.77. The van der Waals surface area contributed by atoms with Crippen molar-refractivity contribution in [3.8, 4) is 0 Å². The summed E-state index contributed by atoms with van der Waals surface area (Å²) < 4.78 is 18.2. The minimum absolute atomic E-state index is 0.327. The summed E-state index contributed by atoms with van der Waals surface area (Å²) >= 11 is 0. The van der Waals surface area contributed by atoms with Crippen LogP contribution in [0.4, 0.5) is 0 Å². The average Bonchev–Trinajstić information content (AvgIpc) is 3.22. The van der Waals surface area contributed by atoms with Gasteiger partial charge in [0.15, 0.2) is 0 Å². The summed E-state index contributed by atoms with van der Waals surface area (Å²) in [6.45, 7) is 12.1. The van der Waals surface area contributed by atoms with Gasteiger partial charge in [0.05, 0.1) is 17.8 Å². The molecule has 1 aromatic rings. The molecule has 0 bridgehead atoms. The van der Waals surface area contributed by atoms with E-state index in [4.69, 9.17) is 19.0 Å². The van der Waals surface area contributed by atoms with Crippen molar-refractivity contribution in [3.63, 3.8) is 0 Å². The molecule has 1 aromatic heterocycles. The van der Waals surface area contributed by atoms with Crippen molar-refractivity contribution < 1.29 is 14.0 Å². The Bertz CT molecular complexity index is 636. The van der Waals surface area contributed by atoms with Gasteiger partial charge in [0.25, 0.3) is 0 Å². The minimum Gasteiger partial charge on any atom is -0.399 e. The zero-order valence-electron chi connectivity index (χ0n) is 16.5. The maximum Gasteiger partial charge on any atom is 0.494 e. The predicted octanol–water partition coefficient (Wildman–Crippen LogP) is 2.35. The lowest BCUT2D eigenvalue weighted by molar-refractivity contribution is 0.00578. The van der Waals surface area contributed by atoms with E-state index in [1.165, 1.54) is 5.69 Å². The van der Waals surface area contributed by atoms with Gasteiger partial charge in [0.1, 0.15) is 0 Å². The topological polar surface area (TPSA) is 52.6 Å². The Hall–Kier alpha value is -0.945. The van der Waals surface area contributed by atoms with Gasteiger partial charge in [0, 0.05) is 29.8 Å². The third-order valence-electron chi connectivity index (χ3n) is 6.52. The van der Waals surface area contributed by atoms with Gasteiger partial charge in [-0.3, -0.25) is 4.98 Å². The molecule has 0 spiro atoms. The van der Waals surface area contributed by atoms with E-state index < -0.39 is 0 Å². The zero-order chi connectivity index (χ0) is 18.4. The van der Waals surface area contributed by atoms with Crippen molar-refractivity contribution in [1.29, 1.82) is 0 Å². The third-order valence-corrected chi connectivity index (χ3v) is 6.52. The van der Waals surface area contributed by atoms with Crippen LogP contribution in [0.3, 0.4) is 0 Å². The van der Waals surface area contributed by atoms with E-state index in [1.807, 2.05) is 0 Å². The standard InChI is InChI=1S/C20H31BN2O3/c1-19(2)20(3,4)26-21(25-19)16-11-17(14-5-8-22-9-6-14)23-18(12-16)15-7-10-24-13-15/h11-12,14-15,22H,5-10,13H2,1-4H3. The number of piperidine rings is 1. The molecular formula is C20H31BN2O3. The summed E-state index contributed by atoms with van der Waals surface area (Å²) in [6, 6.07) is 4.41. The van der Waals surface area contributed by atoms with Crippen molar-refractivity contribution in [2.24, 2.45) is 0 Å². The molecule has 3 aliphatic heterocycles. The Morgan fingerprint density at radius 3 is 2.15 bits per heavy atom. The SMILES string of the molecule is CC1(C)OB(c2cc(C3CCNCC3)nc(C3CCOC3)c2)OC1(C)C. The predicted molar refractivity (Wildman–Crippen MR) is 103 cm³/mol. The molecule has 26 heavy (non-hydrogen) atoms. The van der Waals surface area contributed by atoms with Crippen LogP contribution < -0.4 is 10.8 Å². The number of ether oxygens (including phenoxy) is 1. The van der Waals surface area contributed by atoms with Crippen LogP contribution in [0.25, 0.3) is 0 Å². The van der Waals surface area contributed by atoms with Crippen molar-refractivity contribution >= 4 is 12.6 Å². The molecule has 5 nitrogen and oxygen atoms in total. The van der Waals surface area contributed by atoms with Gasteiger partial charge < -0.3 is 19.4 Å². The molecule has 4 heterocycles. The Labute approximate surface area is 157 Å². The third kappa shape index (κ3) is 3.44. The van der Waals surface area contributed by atoms with Crippen LogP contribution in [-0.2, 0) is 14.0 Å². The van der Waals surface area contributed by atoms with Crippen molar-refractivity contribution in [2.75, 3.05) is 26.3 Å². The van der Waals surface area contributed by atoms with Gasteiger partial charge in [-0.15, -0.1) is 0 Å². The minimum atomic E-state index is -0.329. The highest BCUT2D eigenvalue weighted by Crippen LogP contribution is 2.37. The molecule has 0 amide bonds. The average molecular weight is 358 g/mol. The summed E-state index contributed by atoms with van der Waals surface area (Å²) in [4.78, 5) is 5.06. The first-order valence-corrected chi connectivity index (χ1v) is 10.0. The molecule has 0 saturated carbocycles. The molecule has 3 saturated heterocycles. The monoisotopic (exact) mass is 358 g/mol. The first kappa shape index (κ1) is 18.4. The van der Waals surface area contributed by atoms with E-state index in [0.717, 1.165) is 56.7 Å². The maximum atomic E-state index is 6.32. The van der Waals surface area contributed by atoms with E-state index in [9.17, 15) is 0 Å². The normalized spacial score (nSPS) is 28.6. The summed E-state index contributed by atoms with van der Waals surface area (Å²) in [6.07, 6.45) is 3.33. The highest BCUT2D eigenvalue weighted by atomic mass is 16.7. The van der Waals surface area contributed by atoms with Crippen molar-refractivity contribution in [2.45, 2.75) is 70.0 Å². The number of nitrogens with one attached hydrogen (secondary N) is 1. The van der Waals surface area contributed by atoms with Crippen LogP contribution >= 0.6 is 0 Å². The number of nitrogens with zero attached hydrogens (tertiary/aromatic N) is 1. The fourth-order valence-corrected chi connectivity index (χ4v) is 4.02. The Kier molecular flexibility index (Phi) is 4.89. The molecule has 6 heteroatoms. The summed E-state index contributed by atoms with van der Waals surface area (Å²) in [7, 11) is -0.329. The first-order chi connectivity index (χ1) is 12.4. The van der Waals surface area contributed by atoms with Crippen molar-refractivity contribution in [1.82, 2.24) is 10.3 Å². The molecular weight excluding hydrogens is 327 g/mol. The van der Waals surface area contributed by atoms with Crippen LogP contribution in [0.5, 0.6) is 0 Å². The highest BCUT2D eigenvalue weighted by Gasteiger charge is 2.52. The van der Waals surface area contributed by atoms with E-state index in [-0.39, 0.29) is 18.3 Å². The zero-order valence-corrected chi connectivity index (χ0v) is 16.5. The summed E-state index contributed by atoms with van der Waals surface area (Å²) in [5.41, 5.74) is 2.79. The maximum absolute atomic E-state index is 6.32. The van der Waals surface area contributed by atoms with E-state index in [1.54, 1.807) is 0 Å². The number of hydrogen-bond donors (Lipinski definition) is 1. The lowest BCUT2D eigenvalue weighted by Crippen LogP contribution is -2.41. The van der Waals surface area contributed by atoms with E-state index >= 15 is 0 Å². The smallest absolute Gasteiger partial charge is 0.399 e. The molecule has 0 aliphatic carbocycles. The summed E-state index contributed by atoms with van der Waals surface area (Å²) in [5.74, 6) is 0.900. The van der Waals surface area contributed by atoms with E-state index in [2.05, 4.69) is 45.1 Å². The largest absolute Gasteiger partial charge is 0.494 e. The number of pyridine rings is 1. The van der Waals surface area contributed by atoms with Gasteiger partial charge in [-0.2, -0.15) is 0 Å². The molecule has 142 valence electrons. The quantitative estimate of drug-likeness (QED) is 0.841. The fourth-order valence-electron chi connectivity index (χ4n) is 4.02. The molecule has 3 aliphatic rings. The van der Waals surface area contributed by atoms with Gasteiger partial charge in [0.2, 0.25) is 0 Å². The molecule has 0 aromatic carbocycles. The van der Waals surface area contributed by atoms with Crippen LogP contribution in [0.1, 0.15) is 70.2 Å². The summed E-state index contributed by atoms with van der Waals surface area (Å²) in [5, 5.41) is 3.45. The molecule has 0 radical (unpaired) electrons. The molecule has 4 rings (SSSR count). The Balaban J connectivity index is 1.68. The van der Waals surface area contributed by atoms with Crippen LogP contribution in [0, 0.1) is 0 Å². The second kappa shape index (κ2) is 6.90. The van der Waals surface area contributed by atoms with E-state index in [0.29, 0.717) is 11.8 Å². The number of hydrogen-bond acceptors (Lipinski definition) is 5. The van der Waals surface area contributed by atoms with Crippen LogP contribution in [-0.4, -0.2) is 49.6 Å². The fraction of sp³-hybridized carbons (Fsp3) is 0.750. The molecule has 1 atom stereocenters. The lowest BCUT2D eigenvalue weighted by Gasteiger charge is -2.32. The molecule has 3 fully saturated rings. The second-order valence-electron chi connectivity index (χ2n) is 8.92. The van der Waals surface area contributed by atoms with Gasteiger partial charge in [-0.1, -0.05) is 0 Å². The molecule has 1 unspecified atom stereocenters. The number of rotatable bonds is 3. The van der Waals surface area contributed by atoms with Gasteiger partial charge >= 0.3 is 7.12 Å².